The zero-order valence-corrected chi connectivity index (χ0v) is 14.1. The Morgan fingerprint density at radius 3 is 2.70 bits per heavy atom. The molecule has 0 aromatic heterocycles. The highest BCUT2D eigenvalue weighted by Crippen LogP contribution is 2.39. The number of ether oxygens (including phenoxy) is 1. The van der Waals surface area contributed by atoms with Crippen molar-refractivity contribution in [3.63, 3.8) is 0 Å². The van der Waals surface area contributed by atoms with Crippen molar-refractivity contribution in [2.24, 2.45) is 17.3 Å². The van der Waals surface area contributed by atoms with Gasteiger partial charge in [-0.3, -0.25) is 0 Å². The van der Waals surface area contributed by atoms with Crippen LogP contribution in [0.25, 0.3) is 0 Å². The molecule has 3 nitrogen and oxygen atoms in total. The number of methoxy groups -OCH3 is 1. The summed E-state index contributed by atoms with van der Waals surface area (Å²) in [5.74, 6) is 1.49. The Morgan fingerprint density at radius 1 is 1.30 bits per heavy atom. The zero-order chi connectivity index (χ0) is 14.8. The number of hydrogen-bond acceptors (Lipinski definition) is 3. The summed E-state index contributed by atoms with van der Waals surface area (Å²) in [4.78, 5) is 2.64. The minimum Gasteiger partial charge on any atom is -0.380 e. The Hall–Kier alpha value is -0.120. The Balaban J connectivity index is 1.93. The molecule has 0 bridgehead atoms. The number of piperidine rings is 1. The predicted octanol–water partition coefficient (Wildman–Crippen LogP) is 2.76. The highest BCUT2D eigenvalue weighted by atomic mass is 16.5. The first-order valence-electron chi connectivity index (χ1n) is 8.37. The zero-order valence-electron chi connectivity index (χ0n) is 14.1. The van der Waals surface area contributed by atoms with Crippen molar-refractivity contribution in [3.05, 3.63) is 0 Å². The van der Waals surface area contributed by atoms with Gasteiger partial charge in [0.15, 0.2) is 0 Å². The molecule has 2 aliphatic rings. The molecule has 0 radical (unpaired) electrons. The van der Waals surface area contributed by atoms with Crippen molar-refractivity contribution >= 4 is 0 Å². The van der Waals surface area contributed by atoms with Crippen molar-refractivity contribution in [2.45, 2.75) is 58.6 Å². The summed E-state index contributed by atoms with van der Waals surface area (Å²) in [7, 11) is 4.00. The lowest BCUT2D eigenvalue weighted by Gasteiger charge is -2.44. The lowest BCUT2D eigenvalue weighted by molar-refractivity contribution is -0.0163. The van der Waals surface area contributed by atoms with Gasteiger partial charge in [-0.15, -0.1) is 0 Å². The Bertz CT molecular complexity index is 305. The molecule has 20 heavy (non-hydrogen) atoms. The monoisotopic (exact) mass is 282 g/mol. The van der Waals surface area contributed by atoms with E-state index in [0.29, 0.717) is 23.5 Å². The molecule has 0 spiro atoms. The summed E-state index contributed by atoms with van der Waals surface area (Å²) in [6.07, 6.45) is 5.73. The lowest BCUT2D eigenvalue weighted by atomic mass is 9.69. The Labute approximate surface area is 125 Å². The summed E-state index contributed by atoms with van der Waals surface area (Å²) in [5.41, 5.74) is 0.516. The van der Waals surface area contributed by atoms with E-state index in [0.717, 1.165) is 12.5 Å². The summed E-state index contributed by atoms with van der Waals surface area (Å²) in [5, 5.41) is 3.56. The van der Waals surface area contributed by atoms with Crippen LogP contribution in [0.5, 0.6) is 0 Å². The van der Waals surface area contributed by atoms with E-state index in [4.69, 9.17) is 4.74 Å². The molecule has 1 N–H and O–H groups in total. The second-order valence-electron chi connectivity index (χ2n) is 7.86. The van der Waals surface area contributed by atoms with E-state index in [-0.39, 0.29) is 0 Å². The molecular weight excluding hydrogens is 248 g/mol. The third-order valence-corrected chi connectivity index (χ3v) is 5.66. The van der Waals surface area contributed by atoms with Crippen LogP contribution in [0.15, 0.2) is 0 Å². The van der Waals surface area contributed by atoms with Gasteiger partial charge in [-0.2, -0.15) is 0 Å². The van der Waals surface area contributed by atoms with Gasteiger partial charge in [-0.25, -0.2) is 0 Å². The molecule has 2 rings (SSSR count). The van der Waals surface area contributed by atoms with E-state index < -0.39 is 0 Å². The van der Waals surface area contributed by atoms with E-state index in [9.17, 15) is 0 Å². The SMILES string of the molecule is CNC1CCC(C)(C)CC1CN1CCC(C)C(OC)C1. The van der Waals surface area contributed by atoms with Crippen LogP contribution >= 0.6 is 0 Å². The minimum absolute atomic E-state index is 0.424. The molecule has 4 atom stereocenters. The maximum absolute atomic E-state index is 5.66. The highest BCUT2D eigenvalue weighted by molar-refractivity contribution is 4.91. The smallest absolute Gasteiger partial charge is 0.0724 e. The summed E-state index contributed by atoms with van der Waals surface area (Å²) in [6.45, 7) is 10.8. The van der Waals surface area contributed by atoms with E-state index in [2.05, 4.69) is 38.0 Å². The molecule has 4 unspecified atom stereocenters. The van der Waals surface area contributed by atoms with E-state index in [1.807, 2.05) is 7.11 Å². The van der Waals surface area contributed by atoms with Gasteiger partial charge >= 0.3 is 0 Å². The molecule has 118 valence electrons. The van der Waals surface area contributed by atoms with Gasteiger partial charge in [0.2, 0.25) is 0 Å². The summed E-state index contributed by atoms with van der Waals surface area (Å²) in [6, 6.07) is 0.698. The number of rotatable bonds is 4. The minimum atomic E-state index is 0.424. The van der Waals surface area contributed by atoms with Crippen LogP contribution in [-0.4, -0.2) is 50.8 Å². The standard InChI is InChI=1S/C17H34N2O/c1-13-7-9-19(12-16(13)20-5)11-14-10-17(2,3)8-6-15(14)18-4/h13-16,18H,6-12H2,1-5H3. The van der Waals surface area contributed by atoms with Crippen LogP contribution < -0.4 is 5.32 Å². The average molecular weight is 282 g/mol. The lowest BCUT2D eigenvalue weighted by Crippen LogP contribution is -2.50. The van der Waals surface area contributed by atoms with Crippen LogP contribution in [0.2, 0.25) is 0 Å². The predicted molar refractivity (Wildman–Crippen MR) is 85.0 cm³/mol. The fourth-order valence-electron chi connectivity index (χ4n) is 4.21. The van der Waals surface area contributed by atoms with Gasteiger partial charge in [0.1, 0.15) is 0 Å². The fourth-order valence-corrected chi connectivity index (χ4v) is 4.21. The molecule has 2 fully saturated rings. The van der Waals surface area contributed by atoms with Crippen LogP contribution in [-0.2, 0) is 4.74 Å². The van der Waals surface area contributed by atoms with Crippen molar-refractivity contribution in [1.82, 2.24) is 10.2 Å². The second kappa shape index (κ2) is 6.76. The van der Waals surface area contributed by atoms with Gasteiger partial charge in [-0.1, -0.05) is 20.8 Å². The van der Waals surface area contributed by atoms with Crippen molar-refractivity contribution < 1.29 is 4.74 Å². The van der Waals surface area contributed by atoms with Crippen LogP contribution in [0.3, 0.4) is 0 Å². The van der Waals surface area contributed by atoms with Gasteiger partial charge in [0.05, 0.1) is 6.10 Å². The quantitative estimate of drug-likeness (QED) is 0.858. The fraction of sp³-hybridized carbons (Fsp3) is 1.00. The molecular formula is C17H34N2O. The topological polar surface area (TPSA) is 24.5 Å². The van der Waals surface area contributed by atoms with Gasteiger partial charge in [0.25, 0.3) is 0 Å². The van der Waals surface area contributed by atoms with Crippen LogP contribution in [0, 0.1) is 17.3 Å². The van der Waals surface area contributed by atoms with Crippen molar-refractivity contribution in [3.8, 4) is 0 Å². The molecule has 1 saturated carbocycles. The molecule has 0 aromatic carbocycles. The molecule has 0 aromatic rings. The number of nitrogens with one attached hydrogen (secondary N) is 1. The third kappa shape index (κ3) is 3.96. The molecule has 3 heteroatoms. The molecule has 1 heterocycles. The number of hydrogen-bond donors (Lipinski definition) is 1. The molecule has 1 saturated heterocycles. The van der Waals surface area contributed by atoms with Crippen molar-refractivity contribution in [1.29, 1.82) is 0 Å². The number of likely N-dealkylation sites (tertiary alicyclic amines) is 1. The summed E-state index contributed by atoms with van der Waals surface area (Å²) < 4.78 is 5.66. The summed E-state index contributed by atoms with van der Waals surface area (Å²) >= 11 is 0. The second-order valence-corrected chi connectivity index (χ2v) is 7.86. The first-order valence-corrected chi connectivity index (χ1v) is 8.37. The Morgan fingerprint density at radius 2 is 2.05 bits per heavy atom. The maximum atomic E-state index is 5.66. The molecule has 1 aliphatic carbocycles. The normalized spacial score (nSPS) is 38.9. The average Bonchev–Trinajstić information content (AvgIpc) is 2.40. The van der Waals surface area contributed by atoms with E-state index in [1.54, 1.807) is 0 Å². The van der Waals surface area contributed by atoms with Gasteiger partial charge in [0, 0.05) is 26.2 Å². The van der Waals surface area contributed by atoms with Crippen LogP contribution in [0.4, 0.5) is 0 Å². The molecule has 1 aliphatic heterocycles. The first-order chi connectivity index (χ1) is 9.45. The third-order valence-electron chi connectivity index (χ3n) is 5.66. The maximum Gasteiger partial charge on any atom is 0.0724 e. The van der Waals surface area contributed by atoms with Gasteiger partial charge < -0.3 is 15.0 Å². The van der Waals surface area contributed by atoms with Gasteiger partial charge in [-0.05, 0) is 56.5 Å². The number of nitrogens with zero attached hydrogens (tertiary/aromatic N) is 1. The van der Waals surface area contributed by atoms with Crippen molar-refractivity contribution in [2.75, 3.05) is 33.8 Å². The highest BCUT2D eigenvalue weighted by Gasteiger charge is 2.36. The molecule has 0 amide bonds. The van der Waals surface area contributed by atoms with E-state index >= 15 is 0 Å². The van der Waals surface area contributed by atoms with E-state index in [1.165, 1.54) is 38.8 Å². The first kappa shape index (κ1) is 16.3. The van der Waals surface area contributed by atoms with Crippen LogP contribution in [0.1, 0.15) is 46.5 Å². The Kier molecular flexibility index (Phi) is 5.49. The largest absolute Gasteiger partial charge is 0.380 e.